The number of hydrogen-bond acceptors (Lipinski definition) is 2. The molecule has 280 valence electrons. The van der Waals surface area contributed by atoms with Crippen LogP contribution < -0.4 is 0 Å². The van der Waals surface area contributed by atoms with Gasteiger partial charge in [0.15, 0.2) is 0 Å². The summed E-state index contributed by atoms with van der Waals surface area (Å²) < 4.78 is 2.29. The largest absolute Gasteiger partial charge is 0.507 e. The molecule has 0 aliphatic heterocycles. The van der Waals surface area contributed by atoms with Gasteiger partial charge in [-0.15, -0.1) is 0 Å². The van der Waals surface area contributed by atoms with Crippen LogP contribution >= 0.6 is 0 Å². The monoisotopic (exact) mass is 716 g/mol. The lowest BCUT2D eigenvalue weighted by atomic mass is 9.78. The number of phenols is 1. The normalized spacial score (nSPS) is 12.6. The van der Waals surface area contributed by atoms with Crippen molar-refractivity contribution in [1.82, 2.24) is 9.55 Å². The fourth-order valence-electron chi connectivity index (χ4n) is 7.35. The molecule has 6 aromatic rings. The third-order valence-corrected chi connectivity index (χ3v) is 10.7. The van der Waals surface area contributed by atoms with Gasteiger partial charge >= 0.3 is 0 Å². The topological polar surface area (TPSA) is 38.0 Å². The molecule has 0 bridgehead atoms. The lowest BCUT2D eigenvalue weighted by Gasteiger charge is -2.28. The maximum atomic E-state index is 12.3. The van der Waals surface area contributed by atoms with E-state index in [2.05, 4.69) is 204 Å². The van der Waals surface area contributed by atoms with Crippen molar-refractivity contribution in [1.29, 1.82) is 0 Å². The van der Waals surface area contributed by atoms with Crippen LogP contribution in [-0.4, -0.2) is 14.7 Å². The van der Waals surface area contributed by atoms with Crippen molar-refractivity contribution in [3.05, 3.63) is 137 Å². The molecule has 1 aromatic heterocycles. The highest BCUT2D eigenvalue weighted by Gasteiger charge is 2.29. The van der Waals surface area contributed by atoms with Crippen LogP contribution in [0.1, 0.15) is 130 Å². The number of rotatable bonds is 7. The van der Waals surface area contributed by atoms with E-state index in [1.807, 2.05) is 0 Å². The van der Waals surface area contributed by atoms with Crippen molar-refractivity contribution >= 4 is 0 Å². The van der Waals surface area contributed by atoms with Crippen LogP contribution in [-0.2, 0) is 16.2 Å². The van der Waals surface area contributed by atoms with E-state index in [0.717, 1.165) is 39.5 Å². The van der Waals surface area contributed by atoms with E-state index in [-0.39, 0.29) is 28.1 Å². The summed E-state index contributed by atoms with van der Waals surface area (Å²) in [6.07, 6.45) is 2.20. The Labute approximate surface area is 325 Å². The van der Waals surface area contributed by atoms with Crippen LogP contribution in [0, 0.1) is 0 Å². The molecule has 3 heteroatoms. The van der Waals surface area contributed by atoms with Gasteiger partial charge in [-0.05, 0) is 96.9 Å². The molecule has 5 aromatic carbocycles. The molecule has 1 heterocycles. The van der Waals surface area contributed by atoms with Gasteiger partial charge in [-0.2, -0.15) is 0 Å². The molecule has 0 amide bonds. The third kappa shape index (κ3) is 7.83. The van der Waals surface area contributed by atoms with Gasteiger partial charge in [0.05, 0.1) is 16.9 Å². The fourth-order valence-corrected chi connectivity index (χ4v) is 7.35. The van der Waals surface area contributed by atoms with E-state index in [9.17, 15) is 5.11 Å². The summed E-state index contributed by atoms with van der Waals surface area (Å²) in [5, 5.41) is 12.3. The molecule has 0 radical (unpaired) electrons. The minimum Gasteiger partial charge on any atom is -0.507 e. The highest BCUT2D eigenvalue weighted by Crippen LogP contribution is 2.45. The average molecular weight is 717 g/mol. The van der Waals surface area contributed by atoms with Gasteiger partial charge < -0.3 is 5.11 Å². The zero-order valence-electron chi connectivity index (χ0n) is 34.9. The molecule has 0 fully saturated rings. The van der Waals surface area contributed by atoms with Crippen molar-refractivity contribution in [2.45, 2.75) is 118 Å². The van der Waals surface area contributed by atoms with Crippen molar-refractivity contribution in [3.63, 3.8) is 0 Å². The molecular weight excluding hydrogens is 657 g/mol. The van der Waals surface area contributed by atoms with Gasteiger partial charge in [-0.1, -0.05) is 169 Å². The average Bonchev–Trinajstić information content (AvgIpc) is 3.55. The summed E-state index contributed by atoms with van der Waals surface area (Å²) in [4.78, 5) is 5.50. The molecule has 0 saturated carbocycles. The van der Waals surface area contributed by atoms with E-state index < -0.39 is 0 Å². The van der Waals surface area contributed by atoms with Crippen LogP contribution in [0.3, 0.4) is 0 Å². The summed E-state index contributed by atoms with van der Waals surface area (Å²) in [6.45, 7) is 29.1. The molecule has 0 aliphatic carbocycles. The van der Waals surface area contributed by atoms with E-state index in [0.29, 0.717) is 5.75 Å². The van der Waals surface area contributed by atoms with Crippen LogP contribution in [0.2, 0.25) is 0 Å². The van der Waals surface area contributed by atoms with Crippen LogP contribution in [0.25, 0.3) is 50.6 Å². The zero-order valence-corrected chi connectivity index (χ0v) is 34.9. The number of benzene rings is 5. The predicted octanol–water partition coefficient (Wildman–Crippen LogP) is 14.4. The Kier molecular flexibility index (Phi) is 10.4. The minimum absolute atomic E-state index is 0.0926. The lowest BCUT2D eigenvalue weighted by Crippen LogP contribution is -2.17. The Balaban J connectivity index is 1.66. The summed E-state index contributed by atoms with van der Waals surface area (Å²) in [5.41, 5.74) is 14.1. The predicted molar refractivity (Wildman–Crippen MR) is 231 cm³/mol. The molecule has 54 heavy (non-hydrogen) atoms. The van der Waals surface area contributed by atoms with Crippen LogP contribution in [0.5, 0.6) is 5.75 Å². The molecule has 3 nitrogen and oxygen atoms in total. The second kappa shape index (κ2) is 14.4. The highest BCUT2D eigenvalue weighted by atomic mass is 16.3. The summed E-state index contributed by atoms with van der Waals surface area (Å²) in [6, 6.07) is 37.4. The molecule has 0 atom stereocenters. The fraction of sp³-hybridized carbons (Fsp3) is 0.353. The summed E-state index contributed by atoms with van der Waals surface area (Å²) >= 11 is 0. The number of aromatic hydroxyl groups is 1. The quantitative estimate of drug-likeness (QED) is 0.179. The van der Waals surface area contributed by atoms with Crippen LogP contribution in [0.15, 0.2) is 109 Å². The summed E-state index contributed by atoms with van der Waals surface area (Å²) in [5.74, 6) is 1.51. The van der Waals surface area contributed by atoms with Crippen molar-refractivity contribution in [2.75, 3.05) is 0 Å². The van der Waals surface area contributed by atoms with Gasteiger partial charge in [0.2, 0.25) is 0 Å². The maximum absolute atomic E-state index is 12.3. The van der Waals surface area contributed by atoms with E-state index >= 15 is 0 Å². The maximum Gasteiger partial charge on any atom is 0.149 e. The van der Waals surface area contributed by atoms with E-state index in [1.54, 1.807) is 0 Å². The Morgan fingerprint density at radius 1 is 0.519 bits per heavy atom. The number of nitrogens with zero attached hydrogens (tertiary/aromatic N) is 2. The minimum atomic E-state index is -0.277. The Hall–Kier alpha value is -4.89. The number of aromatic nitrogens is 2. The second-order valence-electron chi connectivity index (χ2n) is 18.8. The standard InChI is InChI=1S/C51H60N2O/c1-32(2)41-27-38(34-18-15-14-16-19-34)28-42(33(3)4)46(41)53-31-45(37-21-17-20-36(26-37)35-22-24-39(25-23-35)49(5,6)7)52-48(53)43-29-40(50(8,9)10)30-44(47(43)54)51(11,12)13/h14-33,54H,1-13H3. The highest BCUT2D eigenvalue weighted by molar-refractivity contribution is 5.78. The molecular formula is C51H60N2O. The molecule has 0 unspecified atom stereocenters. The number of phenolic OH excluding ortho intramolecular Hbond substituents is 1. The van der Waals surface area contributed by atoms with E-state index in [4.69, 9.17) is 4.98 Å². The first-order chi connectivity index (χ1) is 25.2. The smallest absolute Gasteiger partial charge is 0.149 e. The first kappa shape index (κ1) is 38.8. The Bertz CT molecular complexity index is 2240. The third-order valence-electron chi connectivity index (χ3n) is 10.7. The first-order valence-corrected chi connectivity index (χ1v) is 19.7. The van der Waals surface area contributed by atoms with Gasteiger partial charge in [0.1, 0.15) is 11.6 Å². The molecule has 0 spiro atoms. The molecule has 1 N–H and O–H groups in total. The number of imidazole rings is 1. The second-order valence-corrected chi connectivity index (χ2v) is 18.8. The van der Waals surface area contributed by atoms with Crippen molar-refractivity contribution < 1.29 is 5.11 Å². The van der Waals surface area contributed by atoms with Crippen molar-refractivity contribution in [2.24, 2.45) is 0 Å². The van der Waals surface area contributed by atoms with Gasteiger partial charge in [-0.3, -0.25) is 4.57 Å². The SMILES string of the molecule is CC(C)c1cc(-c2ccccc2)cc(C(C)C)c1-n1cc(-c2cccc(-c3ccc(C(C)(C)C)cc3)c2)nc1-c1cc(C(C)(C)C)cc(C(C)(C)C)c1O. The van der Waals surface area contributed by atoms with Crippen LogP contribution in [0.4, 0.5) is 0 Å². The molecule has 0 saturated heterocycles. The number of hydrogen-bond donors (Lipinski definition) is 1. The first-order valence-electron chi connectivity index (χ1n) is 19.7. The lowest BCUT2D eigenvalue weighted by molar-refractivity contribution is 0.446. The van der Waals surface area contributed by atoms with Gasteiger partial charge in [-0.25, -0.2) is 4.98 Å². The zero-order chi connectivity index (χ0) is 39.3. The van der Waals surface area contributed by atoms with Gasteiger partial charge in [0, 0.05) is 17.3 Å². The Morgan fingerprint density at radius 3 is 1.59 bits per heavy atom. The molecule has 0 aliphatic rings. The van der Waals surface area contributed by atoms with Crippen molar-refractivity contribution in [3.8, 4) is 56.3 Å². The Morgan fingerprint density at radius 2 is 1.06 bits per heavy atom. The summed E-state index contributed by atoms with van der Waals surface area (Å²) in [7, 11) is 0. The van der Waals surface area contributed by atoms with Gasteiger partial charge in [0.25, 0.3) is 0 Å². The molecule has 6 rings (SSSR count). The van der Waals surface area contributed by atoms with E-state index in [1.165, 1.54) is 38.9 Å².